The molecule has 2 bridgehead atoms. The van der Waals surface area contributed by atoms with E-state index in [0.717, 1.165) is 30.4 Å². The number of aliphatic hydroxyl groups is 2. The zero-order valence-corrected chi connectivity index (χ0v) is 33.9. The van der Waals surface area contributed by atoms with Crippen molar-refractivity contribution in [2.24, 2.45) is 5.92 Å². The van der Waals surface area contributed by atoms with Crippen molar-refractivity contribution < 1.29 is 43.5 Å². The van der Waals surface area contributed by atoms with E-state index in [2.05, 4.69) is 11.8 Å². The van der Waals surface area contributed by atoms with Crippen molar-refractivity contribution in [3.63, 3.8) is 0 Å². The van der Waals surface area contributed by atoms with Gasteiger partial charge in [-0.3, -0.25) is 9.59 Å². The summed E-state index contributed by atoms with van der Waals surface area (Å²) in [7, 11) is 2.02. The van der Waals surface area contributed by atoms with Gasteiger partial charge < -0.3 is 34.1 Å². The predicted octanol–water partition coefficient (Wildman–Crippen LogP) is 7.76. The summed E-state index contributed by atoms with van der Waals surface area (Å²) < 4.78 is 23.9. The molecule has 5 rings (SSSR count). The van der Waals surface area contributed by atoms with Crippen LogP contribution in [0.1, 0.15) is 160 Å². The highest BCUT2D eigenvalue weighted by molar-refractivity contribution is 5.85. The molecule has 2 aliphatic heterocycles. The quantitative estimate of drug-likeness (QED) is 0.0730. The lowest BCUT2D eigenvalue weighted by molar-refractivity contribution is -0.180. The number of likely N-dealkylation sites (N-methyl/N-ethyl adjacent to an activating group) is 1. The summed E-state index contributed by atoms with van der Waals surface area (Å²) in [6.45, 7) is 9.71. The zero-order valence-electron chi connectivity index (χ0n) is 33.9. The van der Waals surface area contributed by atoms with Crippen LogP contribution in [0.4, 0.5) is 0 Å². The van der Waals surface area contributed by atoms with Crippen molar-refractivity contribution in [3.8, 4) is 5.75 Å². The molecule has 1 fully saturated rings. The molecule has 2 N–H and O–H groups in total. The van der Waals surface area contributed by atoms with Crippen LogP contribution in [0.3, 0.4) is 0 Å². The average molecular weight is 754 g/mol. The van der Waals surface area contributed by atoms with E-state index in [1.807, 2.05) is 19.2 Å². The topological polar surface area (TPSA) is 132 Å². The van der Waals surface area contributed by atoms with E-state index in [1.165, 1.54) is 64.2 Å². The fourth-order valence-electron chi connectivity index (χ4n) is 9.36. The number of rotatable bonds is 21. The highest BCUT2D eigenvalue weighted by Gasteiger charge is 2.72. The van der Waals surface area contributed by atoms with Gasteiger partial charge in [0.2, 0.25) is 6.10 Å². The lowest BCUT2D eigenvalue weighted by Gasteiger charge is -2.61. The van der Waals surface area contributed by atoms with Gasteiger partial charge in [-0.15, -0.1) is 0 Å². The lowest BCUT2D eigenvalue weighted by atomic mass is 9.50. The molecule has 10 nitrogen and oxygen atoms in total. The highest BCUT2D eigenvalue weighted by Crippen LogP contribution is 2.64. The van der Waals surface area contributed by atoms with Crippen LogP contribution in [-0.2, 0) is 47.0 Å². The van der Waals surface area contributed by atoms with Crippen LogP contribution >= 0.6 is 0 Å². The molecule has 2 heterocycles. The minimum atomic E-state index is -1.52. The summed E-state index contributed by atoms with van der Waals surface area (Å²) in [6.07, 6.45) is 17.0. The first kappa shape index (κ1) is 42.2. The third kappa shape index (κ3) is 9.18. The molecule has 302 valence electrons. The molecule has 1 spiro atoms. The number of ether oxygens (including phenoxy) is 4. The van der Waals surface area contributed by atoms with Crippen LogP contribution in [0.25, 0.3) is 0 Å². The number of esters is 3. The summed E-state index contributed by atoms with van der Waals surface area (Å²) in [5.41, 5.74) is -0.360. The number of benzene rings is 1. The Kier molecular flexibility index (Phi) is 14.3. The van der Waals surface area contributed by atoms with Gasteiger partial charge in [0.05, 0.1) is 30.0 Å². The maximum absolute atomic E-state index is 14.0. The largest absolute Gasteiger partial charge is 0.481 e. The summed E-state index contributed by atoms with van der Waals surface area (Å²) >= 11 is 0. The van der Waals surface area contributed by atoms with E-state index >= 15 is 0 Å². The number of unbranched alkanes of at least 4 members (excludes halogenated alkanes) is 12. The van der Waals surface area contributed by atoms with Crippen LogP contribution in [0.5, 0.6) is 5.75 Å². The van der Waals surface area contributed by atoms with Crippen molar-refractivity contribution in [2.75, 3.05) is 13.6 Å². The van der Waals surface area contributed by atoms with Gasteiger partial charge in [-0.25, -0.2) is 4.79 Å². The number of carbonyl (C=O) groups is 3. The fourth-order valence-corrected chi connectivity index (χ4v) is 9.36. The number of aliphatic hydroxyl groups excluding tert-OH is 1. The molecule has 1 aromatic carbocycles. The Labute approximate surface area is 323 Å². The van der Waals surface area contributed by atoms with Gasteiger partial charge >= 0.3 is 17.9 Å². The first-order valence-electron chi connectivity index (χ1n) is 20.9. The minimum Gasteiger partial charge on any atom is -0.481 e. The van der Waals surface area contributed by atoms with E-state index in [9.17, 15) is 24.6 Å². The summed E-state index contributed by atoms with van der Waals surface area (Å²) in [4.78, 5) is 42.6. The molecule has 54 heavy (non-hydrogen) atoms. The normalized spacial score (nSPS) is 25.2. The zero-order chi connectivity index (χ0) is 39.1. The molecule has 0 saturated carbocycles. The van der Waals surface area contributed by atoms with E-state index < -0.39 is 59.1 Å². The van der Waals surface area contributed by atoms with Crippen LogP contribution in [0, 0.1) is 5.92 Å². The van der Waals surface area contributed by atoms with Crippen LogP contribution in [0.2, 0.25) is 0 Å². The van der Waals surface area contributed by atoms with Crippen molar-refractivity contribution in [2.45, 2.75) is 192 Å². The molecular formula is C44H67NO9. The molecule has 4 aliphatic rings. The van der Waals surface area contributed by atoms with Gasteiger partial charge in [-0.2, -0.15) is 0 Å². The number of hydrogen-bond donors (Lipinski definition) is 2. The maximum Gasteiger partial charge on any atom is 0.353 e. The van der Waals surface area contributed by atoms with Gasteiger partial charge in [0, 0.05) is 23.6 Å². The number of piperidine rings is 1. The maximum atomic E-state index is 14.0. The SMILES string of the molecule is CCCCCCCCCCCCCCCC(C)C(=O)O[C@@H](CC(=O)OC(C)(C)C)C(=O)OC1=CC[C@@]2(O)[C@H]3Cc4ccc(CO)c5c4[C@@]2(CCN3C)[C@H]1O5. The number of hydrogen-bond acceptors (Lipinski definition) is 10. The second-order valence-corrected chi connectivity index (χ2v) is 17.5. The smallest absolute Gasteiger partial charge is 0.353 e. The predicted molar refractivity (Wildman–Crippen MR) is 207 cm³/mol. The highest BCUT2D eigenvalue weighted by atomic mass is 16.6. The molecular weight excluding hydrogens is 686 g/mol. The third-order valence-electron chi connectivity index (χ3n) is 12.3. The van der Waals surface area contributed by atoms with E-state index in [-0.39, 0.29) is 24.8 Å². The van der Waals surface area contributed by atoms with Crippen LogP contribution < -0.4 is 4.74 Å². The molecule has 1 unspecified atom stereocenters. The van der Waals surface area contributed by atoms with E-state index in [4.69, 9.17) is 18.9 Å². The fraction of sp³-hybridized carbons (Fsp3) is 0.750. The van der Waals surface area contributed by atoms with Crippen molar-refractivity contribution >= 4 is 17.9 Å². The number of nitrogens with zero attached hydrogens (tertiary/aromatic N) is 1. The van der Waals surface area contributed by atoms with Gasteiger partial charge in [-0.05, 0) is 65.3 Å². The summed E-state index contributed by atoms with van der Waals surface area (Å²) in [6, 6.07) is 3.68. The van der Waals surface area contributed by atoms with Crippen LogP contribution in [-0.4, -0.2) is 76.1 Å². The average Bonchev–Trinajstić information content (AvgIpc) is 3.48. The minimum absolute atomic E-state index is 0.179. The monoisotopic (exact) mass is 753 g/mol. The first-order chi connectivity index (χ1) is 25.8. The van der Waals surface area contributed by atoms with Gasteiger partial charge in [0.25, 0.3) is 0 Å². The molecule has 1 saturated heterocycles. The lowest BCUT2D eigenvalue weighted by Crippen LogP contribution is -2.74. The molecule has 2 aliphatic carbocycles. The standard InChI is InChI=1S/C44H67NO9/c1-7-8-9-10-11-12-13-14-15-16-17-18-19-20-30(2)40(48)52-34(28-36(47)54-42(3,4)5)41(49)51-33-23-24-44(50)35-27-31-21-22-32(29-46)38-37(31)43(44,39(33)53-38)25-26-45(35)6/h21-23,30,34-35,39,46,50H,7-20,24-29H2,1-6H3/t30?,34-,35+,39-,43-,44+/m0/s1. The van der Waals surface area contributed by atoms with Crippen molar-refractivity contribution in [1.82, 2.24) is 4.90 Å². The van der Waals surface area contributed by atoms with Crippen molar-refractivity contribution in [1.29, 1.82) is 0 Å². The summed E-state index contributed by atoms with van der Waals surface area (Å²) in [5, 5.41) is 22.7. The molecule has 0 radical (unpaired) electrons. The van der Waals surface area contributed by atoms with Crippen LogP contribution in [0.15, 0.2) is 24.0 Å². The van der Waals surface area contributed by atoms with Gasteiger partial charge in [0.1, 0.15) is 17.1 Å². The number of carbonyl (C=O) groups excluding carboxylic acids is 3. The third-order valence-corrected chi connectivity index (χ3v) is 12.3. The first-order valence-corrected chi connectivity index (χ1v) is 20.9. The number of likely N-dealkylation sites (tertiary alicyclic amines) is 1. The Hall–Kier alpha value is -2.95. The Morgan fingerprint density at radius 3 is 2.20 bits per heavy atom. The Morgan fingerprint density at radius 1 is 0.963 bits per heavy atom. The van der Waals surface area contributed by atoms with E-state index in [0.29, 0.717) is 37.1 Å². The van der Waals surface area contributed by atoms with E-state index in [1.54, 1.807) is 33.8 Å². The molecule has 6 atom stereocenters. The Bertz CT molecular complexity index is 1500. The molecule has 0 aromatic heterocycles. The Balaban J connectivity index is 1.20. The molecule has 1 aromatic rings. The second kappa shape index (κ2) is 18.3. The van der Waals surface area contributed by atoms with Crippen molar-refractivity contribution in [3.05, 3.63) is 40.7 Å². The molecule has 10 heteroatoms. The summed E-state index contributed by atoms with van der Waals surface area (Å²) in [5.74, 6) is -1.85. The van der Waals surface area contributed by atoms with Gasteiger partial charge in [-0.1, -0.05) is 109 Å². The van der Waals surface area contributed by atoms with Gasteiger partial charge in [0.15, 0.2) is 6.10 Å². The Morgan fingerprint density at radius 2 is 1.59 bits per heavy atom. The second-order valence-electron chi connectivity index (χ2n) is 17.5. The molecule has 0 amide bonds.